The molecule has 4 aromatic rings. The van der Waals surface area contributed by atoms with Gasteiger partial charge in [0.05, 0.1) is 0 Å². The predicted octanol–water partition coefficient (Wildman–Crippen LogP) is 3.94. The Morgan fingerprint density at radius 3 is 2.06 bits per heavy atom. The number of rotatable bonds is 7. The summed E-state index contributed by atoms with van der Waals surface area (Å²) in [5.74, 6) is -1.39. The van der Waals surface area contributed by atoms with Crippen LogP contribution in [0.5, 0.6) is 0 Å². The van der Waals surface area contributed by atoms with E-state index in [0.29, 0.717) is 17.7 Å². The molecular weight excluding hydrogens is 430 g/mol. The van der Waals surface area contributed by atoms with Crippen molar-refractivity contribution in [3.63, 3.8) is 0 Å². The van der Waals surface area contributed by atoms with Crippen molar-refractivity contribution < 1.29 is 19.6 Å². The van der Waals surface area contributed by atoms with Gasteiger partial charge in [0.25, 0.3) is 11.8 Å². The average molecular weight is 453 g/mol. The van der Waals surface area contributed by atoms with Gasteiger partial charge in [0, 0.05) is 23.2 Å². The summed E-state index contributed by atoms with van der Waals surface area (Å²) in [6, 6.07) is 27.8. The van der Waals surface area contributed by atoms with Gasteiger partial charge < -0.3 is 10.6 Å². The Morgan fingerprint density at radius 2 is 1.35 bits per heavy atom. The molecule has 0 aliphatic rings. The standard InChI is InChI=1S/C27H23N3O4/c31-25(20-7-2-1-3-8-20)29-24(17-18-10-11-19-6-4-5-9-22(19)16-18)27(33)28-23-14-12-21(13-15-23)26(32)30-34/h1-16,24,34H,17H2,(H,28,33)(H,29,31)(H,30,32)/t24-/m0/s1. The summed E-state index contributed by atoms with van der Waals surface area (Å²) in [6.45, 7) is 0. The molecule has 4 rings (SSSR count). The summed E-state index contributed by atoms with van der Waals surface area (Å²) in [4.78, 5) is 37.5. The second-order valence-electron chi connectivity index (χ2n) is 7.79. The molecule has 0 saturated heterocycles. The van der Waals surface area contributed by atoms with E-state index in [0.717, 1.165) is 16.3 Å². The summed E-state index contributed by atoms with van der Waals surface area (Å²) in [5.41, 5.74) is 3.62. The number of nitrogens with one attached hydrogen (secondary N) is 3. The first-order valence-electron chi connectivity index (χ1n) is 10.7. The first kappa shape index (κ1) is 22.7. The second kappa shape index (κ2) is 10.4. The minimum absolute atomic E-state index is 0.241. The fraction of sp³-hybridized carbons (Fsp3) is 0.0741. The summed E-state index contributed by atoms with van der Waals surface area (Å²) < 4.78 is 0. The van der Waals surface area contributed by atoms with E-state index in [4.69, 9.17) is 5.21 Å². The highest BCUT2D eigenvalue weighted by molar-refractivity contribution is 6.01. The molecule has 170 valence electrons. The van der Waals surface area contributed by atoms with E-state index in [1.165, 1.54) is 12.1 Å². The Balaban J connectivity index is 1.56. The number of fused-ring (bicyclic) bond motifs is 1. The van der Waals surface area contributed by atoms with Crippen LogP contribution >= 0.6 is 0 Å². The SMILES string of the molecule is O=C(NO)c1ccc(NC(=O)[C@H](Cc2ccc3ccccc3c2)NC(=O)c2ccccc2)cc1. The number of amides is 3. The van der Waals surface area contributed by atoms with Crippen LogP contribution < -0.4 is 16.1 Å². The maximum Gasteiger partial charge on any atom is 0.274 e. The van der Waals surface area contributed by atoms with Gasteiger partial charge in [-0.25, -0.2) is 5.48 Å². The van der Waals surface area contributed by atoms with Crippen molar-refractivity contribution in [2.24, 2.45) is 0 Å². The second-order valence-corrected chi connectivity index (χ2v) is 7.79. The quantitative estimate of drug-likeness (QED) is 0.251. The molecule has 0 aliphatic heterocycles. The van der Waals surface area contributed by atoms with Gasteiger partial charge in [-0.15, -0.1) is 0 Å². The zero-order chi connectivity index (χ0) is 23.9. The molecule has 7 heteroatoms. The van der Waals surface area contributed by atoms with Crippen molar-refractivity contribution in [3.05, 3.63) is 114 Å². The van der Waals surface area contributed by atoms with Crippen molar-refractivity contribution >= 4 is 34.2 Å². The van der Waals surface area contributed by atoms with Crippen molar-refractivity contribution in [1.29, 1.82) is 0 Å². The van der Waals surface area contributed by atoms with Crippen LogP contribution in [0.3, 0.4) is 0 Å². The predicted molar refractivity (Wildman–Crippen MR) is 130 cm³/mol. The topological polar surface area (TPSA) is 108 Å². The molecule has 1 atom stereocenters. The Hall–Kier alpha value is -4.49. The molecule has 0 fully saturated rings. The molecule has 4 aromatic carbocycles. The van der Waals surface area contributed by atoms with Crippen LogP contribution in [0.25, 0.3) is 10.8 Å². The highest BCUT2D eigenvalue weighted by Crippen LogP contribution is 2.18. The highest BCUT2D eigenvalue weighted by atomic mass is 16.5. The first-order valence-corrected chi connectivity index (χ1v) is 10.7. The van der Waals surface area contributed by atoms with Gasteiger partial charge in [-0.1, -0.05) is 60.7 Å². The number of hydroxylamine groups is 1. The zero-order valence-corrected chi connectivity index (χ0v) is 18.2. The third kappa shape index (κ3) is 5.46. The van der Waals surface area contributed by atoms with Gasteiger partial charge in [-0.3, -0.25) is 19.6 Å². The Kier molecular flexibility index (Phi) is 6.95. The Bertz CT molecular complexity index is 1320. The molecule has 0 bridgehead atoms. The summed E-state index contributed by atoms with van der Waals surface area (Å²) in [5, 5.41) is 16.5. The molecule has 0 aliphatic carbocycles. The fourth-order valence-corrected chi connectivity index (χ4v) is 3.64. The molecule has 7 nitrogen and oxygen atoms in total. The summed E-state index contributed by atoms with van der Waals surface area (Å²) in [7, 11) is 0. The Morgan fingerprint density at radius 1 is 0.706 bits per heavy atom. The van der Waals surface area contributed by atoms with Crippen molar-refractivity contribution in [3.8, 4) is 0 Å². The van der Waals surface area contributed by atoms with Crippen LogP contribution in [-0.2, 0) is 11.2 Å². The molecule has 4 N–H and O–H groups in total. The summed E-state index contributed by atoms with van der Waals surface area (Å²) in [6.07, 6.45) is 0.292. The van der Waals surface area contributed by atoms with E-state index in [9.17, 15) is 14.4 Å². The van der Waals surface area contributed by atoms with Gasteiger partial charge >= 0.3 is 0 Å². The number of benzene rings is 4. The van der Waals surface area contributed by atoms with E-state index in [1.54, 1.807) is 41.9 Å². The number of anilines is 1. The zero-order valence-electron chi connectivity index (χ0n) is 18.2. The van der Waals surface area contributed by atoms with Crippen molar-refractivity contribution in [2.45, 2.75) is 12.5 Å². The largest absolute Gasteiger partial charge is 0.340 e. The average Bonchev–Trinajstić information content (AvgIpc) is 2.88. The molecule has 0 radical (unpaired) electrons. The lowest BCUT2D eigenvalue weighted by Gasteiger charge is -2.19. The molecule has 0 spiro atoms. The highest BCUT2D eigenvalue weighted by Gasteiger charge is 2.22. The van der Waals surface area contributed by atoms with E-state index in [-0.39, 0.29) is 11.5 Å². The normalized spacial score (nSPS) is 11.4. The van der Waals surface area contributed by atoms with E-state index >= 15 is 0 Å². The number of carbonyl (C=O) groups excluding carboxylic acids is 3. The number of carbonyl (C=O) groups is 3. The monoisotopic (exact) mass is 453 g/mol. The van der Waals surface area contributed by atoms with Crippen LogP contribution in [0.15, 0.2) is 97.1 Å². The lowest BCUT2D eigenvalue weighted by Crippen LogP contribution is -2.45. The van der Waals surface area contributed by atoms with E-state index in [2.05, 4.69) is 10.6 Å². The van der Waals surface area contributed by atoms with Gasteiger partial charge in [0.1, 0.15) is 6.04 Å². The van der Waals surface area contributed by atoms with Gasteiger partial charge in [0.15, 0.2) is 0 Å². The van der Waals surface area contributed by atoms with Crippen LogP contribution in [0.4, 0.5) is 5.69 Å². The first-order chi connectivity index (χ1) is 16.5. The fourth-order valence-electron chi connectivity index (χ4n) is 3.64. The lowest BCUT2D eigenvalue weighted by atomic mass is 10.0. The number of hydrogen-bond donors (Lipinski definition) is 4. The maximum atomic E-state index is 13.2. The van der Waals surface area contributed by atoms with Crippen molar-refractivity contribution in [2.75, 3.05) is 5.32 Å². The third-order valence-corrected chi connectivity index (χ3v) is 5.43. The third-order valence-electron chi connectivity index (χ3n) is 5.43. The van der Waals surface area contributed by atoms with Crippen LogP contribution in [0.1, 0.15) is 26.3 Å². The van der Waals surface area contributed by atoms with Crippen LogP contribution in [-0.4, -0.2) is 29.0 Å². The molecule has 0 saturated carbocycles. The van der Waals surface area contributed by atoms with Gasteiger partial charge in [0.2, 0.25) is 5.91 Å². The Labute approximate surface area is 196 Å². The maximum absolute atomic E-state index is 13.2. The van der Waals surface area contributed by atoms with Crippen LogP contribution in [0, 0.1) is 0 Å². The minimum atomic E-state index is -0.839. The summed E-state index contributed by atoms with van der Waals surface area (Å²) >= 11 is 0. The van der Waals surface area contributed by atoms with Crippen molar-refractivity contribution in [1.82, 2.24) is 10.8 Å². The smallest absolute Gasteiger partial charge is 0.274 e. The number of hydrogen-bond acceptors (Lipinski definition) is 4. The van der Waals surface area contributed by atoms with E-state index in [1.807, 2.05) is 48.5 Å². The lowest BCUT2D eigenvalue weighted by molar-refractivity contribution is -0.118. The molecule has 0 aromatic heterocycles. The van der Waals surface area contributed by atoms with Gasteiger partial charge in [-0.05, 0) is 52.7 Å². The molecule has 0 unspecified atom stereocenters. The molecule has 34 heavy (non-hydrogen) atoms. The molecule has 0 heterocycles. The van der Waals surface area contributed by atoms with E-state index < -0.39 is 17.9 Å². The van der Waals surface area contributed by atoms with Crippen LogP contribution in [0.2, 0.25) is 0 Å². The molecule has 3 amide bonds. The molecular formula is C27H23N3O4. The minimum Gasteiger partial charge on any atom is -0.340 e. The van der Waals surface area contributed by atoms with Gasteiger partial charge in [-0.2, -0.15) is 0 Å².